The molecule has 0 saturated heterocycles. The quantitative estimate of drug-likeness (QED) is 0.604. The fraction of sp³-hybridized carbons (Fsp3) is 0.800. The van der Waals surface area contributed by atoms with E-state index in [0.29, 0.717) is 0 Å². The molecule has 11 heavy (non-hydrogen) atoms. The Morgan fingerprint density at radius 3 is 2.45 bits per heavy atom. The number of rotatable bonds is 5. The first-order chi connectivity index (χ1) is 5.35. The first kappa shape index (κ1) is 10.4. The van der Waals surface area contributed by atoms with Gasteiger partial charge in [-0.15, -0.1) is 0 Å². The van der Waals surface area contributed by atoms with Gasteiger partial charge in [0.1, 0.15) is 6.11 Å². The van der Waals surface area contributed by atoms with Crippen molar-refractivity contribution in [2.24, 2.45) is 5.92 Å². The molecule has 0 spiro atoms. The average Bonchev–Trinajstić information content (AvgIpc) is 2.03. The molecule has 64 valence electrons. The van der Waals surface area contributed by atoms with Crippen molar-refractivity contribution in [3.05, 3.63) is 0 Å². The third kappa shape index (κ3) is 5.79. The van der Waals surface area contributed by atoms with Gasteiger partial charge in [0.15, 0.2) is 0 Å². The number of hydrogen-bond donors (Lipinski definition) is 1. The molecule has 0 heterocycles. The molecule has 0 aliphatic heterocycles. The lowest BCUT2D eigenvalue weighted by Crippen LogP contribution is -1.96. The van der Waals surface area contributed by atoms with Gasteiger partial charge >= 0.3 is 0 Å². The topological polar surface area (TPSA) is 20.2 Å². The molecule has 0 radical (unpaired) electrons. The fourth-order valence-electron chi connectivity index (χ4n) is 1.29. The highest BCUT2D eigenvalue weighted by Crippen LogP contribution is 2.16. The first-order valence-electron chi connectivity index (χ1n) is 4.47. The Morgan fingerprint density at radius 2 is 2.00 bits per heavy atom. The molecule has 1 atom stereocenters. The molecular formula is C10H18O. The Bertz CT molecular complexity index is 130. The van der Waals surface area contributed by atoms with E-state index in [4.69, 9.17) is 5.11 Å². The third-order valence-corrected chi connectivity index (χ3v) is 2.03. The highest BCUT2D eigenvalue weighted by atomic mass is 16.2. The molecule has 1 nitrogen and oxygen atoms in total. The summed E-state index contributed by atoms with van der Waals surface area (Å²) in [5.41, 5.74) is 0. The lowest BCUT2D eigenvalue weighted by molar-refractivity contribution is 0.437. The minimum absolute atomic E-state index is 0.806. The van der Waals surface area contributed by atoms with Crippen molar-refractivity contribution in [1.82, 2.24) is 0 Å². The molecule has 1 unspecified atom stereocenters. The molecule has 0 bridgehead atoms. The van der Waals surface area contributed by atoms with E-state index in [9.17, 15) is 0 Å². The van der Waals surface area contributed by atoms with Crippen LogP contribution in [0.1, 0.15) is 46.0 Å². The van der Waals surface area contributed by atoms with Crippen LogP contribution < -0.4 is 0 Å². The van der Waals surface area contributed by atoms with Crippen LogP contribution in [0.25, 0.3) is 0 Å². The maximum Gasteiger partial charge on any atom is 0.107 e. The molecule has 0 amide bonds. The zero-order chi connectivity index (χ0) is 8.53. The maximum atomic E-state index is 8.22. The van der Waals surface area contributed by atoms with Gasteiger partial charge < -0.3 is 5.11 Å². The van der Waals surface area contributed by atoms with Crippen LogP contribution in [0.4, 0.5) is 0 Å². The zero-order valence-electron chi connectivity index (χ0n) is 7.56. The van der Waals surface area contributed by atoms with E-state index in [0.717, 1.165) is 18.8 Å². The smallest absolute Gasteiger partial charge is 0.107 e. The Balaban J connectivity index is 3.40. The van der Waals surface area contributed by atoms with Gasteiger partial charge in [0.05, 0.1) is 0 Å². The van der Waals surface area contributed by atoms with Crippen LogP contribution in [0, 0.1) is 17.9 Å². The molecule has 0 aromatic heterocycles. The van der Waals surface area contributed by atoms with Gasteiger partial charge in [0, 0.05) is 6.42 Å². The van der Waals surface area contributed by atoms with Gasteiger partial charge in [-0.2, -0.15) is 0 Å². The highest BCUT2D eigenvalue weighted by Gasteiger charge is 2.02. The van der Waals surface area contributed by atoms with Crippen molar-refractivity contribution in [2.45, 2.75) is 46.0 Å². The maximum absolute atomic E-state index is 8.22. The lowest BCUT2D eigenvalue weighted by atomic mass is 9.96. The second kappa shape index (κ2) is 7.47. The van der Waals surface area contributed by atoms with Gasteiger partial charge in [-0.3, -0.25) is 0 Å². The first-order valence-corrected chi connectivity index (χ1v) is 4.47. The van der Waals surface area contributed by atoms with E-state index < -0.39 is 0 Å². The third-order valence-electron chi connectivity index (χ3n) is 2.03. The number of aliphatic hydroxyl groups excluding tert-OH is 1. The molecule has 0 rings (SSSR count). The summed E-state index contributed by atoms with van der Waals surface area (Å²) in [7, 11) is 0. The van der Waals surface area contributed by atoms with E-state index in [2.05, 4.69) is 19.8 Å². The van der Waals surface area contributed by atoms with Gasteiger partial charge in [-0.05, 0) is 12.3 Å². The van der Waals surface area contributed by atoms with Crippen LogP contribution in [0.2, 0.25) is 0 Å². The predicted octanol–water partition coefficient (Wildman–Crippen LogP) is 2.93. The van der Waals surface area contributed by atoms with Gasteiger partial charge in [0.2, 0.25) is 0 Å². The molecule has 0 aliphatic rings. The van der Waals surface area contributed by atoms with Crippen LogP contribution in [0.15, 0.2) is 0 Å². The Morgan fingerprint density at radius 1 is 1.27 bits per heavy atom. The van der Waals surface area contributed by atoms with Crippen LogP contribution in [-0.2, 0) is 0 Å². The van der Waals surface area contributed by atoms with Crippen LogP contribution in [0.5, 0.6) is 0 Å². The summed E-state index contributed by atoms with van der Waals surface area (Å²) in [5, 5.41) is 8.22. The largest absolute Gasteiger partial charge is 0.462 e. The summed E-state index contributed by atoms with van der Waals surface area (Å²) in [4.78, 5) is 0. The highest BCUT2D eigenvalue weighted by molar-refractivity contribution is 4.89. The fourth-order valence-corrected chi connectivity index (χ4v) is 1.29. The minimum Gasteiger partial charge on any atom is -0.462 e. The minimum atomic E-state index is 0.806. The number of aliphatic hydroxyl groups is 1. The predicted molar refractivity (Wildman–Crippen MR) is 47.6 cm³/mol. The lowest BCUT2D eigenvalue weighted by Gasteiger charge is -2.10. The zero-order valence-corrected chi connectivity index (χ0v) is 7.56. The van der Waals surface area contributed by atoms with Gasteiger partial charge in [0.25, 0.3) is 0 Å². The van der Waals surface area contributed by atoms with Crippen LogP contribution >= 0.6 is 0 Å². The standard InChI is InChI=1S/C10H18O/c1-3-7-10(4-2)8-5-6-9-11/h10-11H,3-5,7-8H2,1-2H3. The van der Waals surface area contributed by atoms with Gasteiger partial charge in [-0.1, -0.05) is 39.0 Å². The van der Waals surface area contributed by atoms with E-state index in [1.165, 1.54) is 19.3 Å². The molecular weight excluding hydrogens is 136 g/mol. The summed E-state index contributed by atoms with van der Waals surface area (Å²) >= 11 is 0. The summed E-state index contributed by atoms with van der Waals surface area (Å²) in [5.74, 6) is 3.48. The summed E-state index contributed by atoms with van der Waals surface area (Å²) < 4.78 is 0. The van der Waals surface area contributed by atoms with E-state index in [1.807, 2.05) is 6.11 Å². The van der Waals surface area contributed by atoms with E-state index in [-0.39, 0.29) is 0 Å². The van der Waals surface area contributed by atoms with E-state index in [1.54, 1.807) is 0 Å². The normalized spacial score (nSPS) is 11.8. The van der Waals surface area contributed by atoms with Crippen molar-refractivity contribution in [2.75, 3.05) is 0 Å². The van der Waals surface area contributed by atoms with E-state index >= 15 is 0 Å². The second-order valence-electron chi connectivity index (χ2n) is 2.89. The Labute approximate surface area is 69.8 Å². The van der Waals surface area contributed by atoms with Crippen molar-refractivity contribution in [3.8, 4) is 12.0 Å². The monoisotopic (exact) mass is 154 g/mol. The SMILES string of the molecule is CCCC(CC)CCC#CO. The Kier molecular flexibility index (Phi) is 7.03. The molecule has 0 aromatic carbocycles. The molecule has 1 N–H and O–H groups in total. The number of hydrogen-bond acceptors (Lipinski definition) is 1. The second-order valence-corrected chi connectivity index (χ2v) is 2.89. The van der Waals surface area contributed by atoms with Crippen molar-refractivity contribution >= 4 is 0 Å². The van der Waals surface area contributed by atoms with Crippen LogP contribution in [0.3, 0.4) is 0 Å². The van der Waals surface area contributed by atoms with Crippen molar-refractivity contribution in [1.29, 1.82) is 0 Å². The summed E-state index contributed by atoms with van der Waals surface area (Å²) in [6.45, 7) is 4.42. The molecule has 0 aromatic rings. The molecule has 0 aliphatic carbocycles. The molecule has 0 fully saturated rings. The average molecular weight is 154 g/mol. The Hall–Kier alpha value is -0.640. The molecule has 0 saturated carbocycles. The van der Waals surface area contributed by atoms with Gasteiger partial charge in [-0.25, -0.2) is 0 Å². The van der Waals surface area contributed by atoms with Crippen LogP contribution in [-0.4, -0.2) is 5.11 Å². The summed E-state index contributed by atoms with van der Waals surface area (Å²) in [6.07, 6.45) is 7.71. The van der Waals surface area contributed by atoms with Crippen molar-refractivity contribution < 1.29 is 5.11 Å². The summed E-state index contributed by atoms with van der Waals surface area (Å²) in [6, 6.07) is 0. The van der Waals surface area contributed by atoms with Crippen molar-refractivity contribution in [3.63, 3.8) is 0 Å². The molecule has 1 heteroatoms.